The molecule has 0 saturated heterocycles. The van der Waals surface area contributed by atoms with Gasteiger partial charge < -0.3 is 15.4 Å². The maximum Gasteiger partial charge on any atom is 0.169 e. The van der Waals surface area contributed by atoms with Gasteiger partial charge >= 0.3 is 0 Å². The summed E-state index contributed by atoms with van der Waals surface area (Å²) >= 11 is 0. The van der Waals surface area contributed by atoms with E-state index >= 15 is 0 Å². The molecular weight excluding hydrogens is 283 g/mol. The van der Waals surface area contributed by atoms with Crippen LogP contribution in [0.1, 0.15) is 6.92 Å². The van der Waals surface area contributed by atoms with Crippen LogP contribution in [0.25, 0.3) is 0 Å². The van der Waals surface area contributed by atoms with Gasteiger partial charge in [0.15, 0.2) is 34.8 Å². The van der Waals surface area contributed by atoms with Gasteiger partial charge in [-0.05, 0) is 19.1 Å². The van der Waals surface area contributed by atoms with Crippen molar-refractivity contribution in [1.82, 2.24) is 4.98 Å². The van der Waals surface area contributed by atoms with Crippen molar-refractivity contribution < 1.29 is 17.9 Å². The number of ether oxygens (including phenoxy) is 1. The van der Waals surface area contributed by atoms with E-state index < -0.39 is 17.5 Å². The molecule has 0 aliphatic rings. The van der Waals surface area contributed by atoms with E-state index in [-0.39, 0.29) is 17.4 Å². The van der Waals surface area contributed by atoms with E-state index in [1.54, 1.807) is 6.92 Å². The van der Waals surface area contributed by atoms with E-state index in [9.17, 15) is 13.2 Å². The second-order valence-electron chi connectivity index (χ2n) is 4.15. The second-order valence-corrected chi connectivity index (χ2v) is 4.15. The summed E-state index contributed by atoms with van der Waals surface area (Å²) in [6.45, 7) is 2.21. The summed E-state index contributed by atoms with van der Waals surface area (Å²) in [4.78, 5) is 3.83. The zero-order valence-corrected chi connectivity index (χ0v) is 11.5. The van der Waals surface area contributed by atoms with Gasteiger partial charge in [-0.25, -0.2) is 18.2 Å². The lowest BCUT2D eigenvalue weighted by molar-refractivity contribution is 0.387. The molecule has 0 aliphatic heterocycles. The van der Waals surface area contributed by atoms with Crippen molar-refractivity contribution in [2.45, 2.75) is 6.92 Å². The average molecular weight is 297 g/mol. The predicted molar refractivity (Wildman–Crippen MR) is 74.6 cm³/mol. The van der Waals surface area contributed by atoms with Crippen LogP contribution in [0.15, 0.2) is 24.3 Å². The molecule has 0 saturated carbocycles. The molecule has 0 bridgehead atoms. The van der Waals surface area contributed by atoms with Gasteiger partial charge in [-0.2, -0.15) is 0 Å². The predicted octanol–water partition coefficient (Wildman–Crippen LogP) is 3.68. The minimum absolute atomic E-state index is 0.00873. The van der Waals surface area contributed by atoms with E-state index in [0.717, 1.165) is 6.07 Å². The number of hydrogen-bond donors (Lipinski definition) is 2. The maximum absolute atomic E-state index is 13.7. The molecule has 1 heterocycles. The highest BCUT2D eigenvalue weighted by Gasteiger charge is 2.12. The Morgan fingerprint density at radius 3 is 2.43 bits per heavy atom. The fraction of sp³-hybridized carbons (Fsp3) is 0.214. The number of nitrogens with one attached hydrogen (secondary N) is 2. The van der Waals surface area contributed by atoms with Gasteiger partial charge in [-0.3, -0.25) is 0 Å². The van der Waals surface area contributed by atoms with Crippen molar-refractivity contribution in [3.63, 3.8) is 0 Å². The number of aromatic nitrogens is 1. The van der Waals surface area contributed by atoms with Crippen LogP contribution in [0.2, 0.25) is 0 Å². The Labute approximate surface area is 120 Å². The highest BCUT2D eigenvalue weighted by Crippen LogP contribution is 2.26. The van der Waals surface area contributed by atoms with Crippen LogP contribution < -0.4 is 15.4 Å². The lowest BCUT2D eigenvalue weighted by atomic mass is 10.3. The molecule has 2 rings (SSSR count). The monoisotopic (exact) mass is 297 g/mol. The lowest BCUT2D eigenvalue weighted by Gasteiger charge is -2.11. The molecule has 7 heteroatoms. The molecule has 1 aromatic carbocycles. The summed E-state index contributed by atoms with van der Waals surface area (Å²) in [5.41, 5.74) is 0.369. The van der Waals surface area contributed by atoms with Crippen LogP contribution in [0.4, 0.5) is 30.5 Å². The molecule has 2 N–H and O–H groups in total. The number of rotatable bonds is 5. The molecule has 0 radical (unpaired) electrons. The highest BCUT2D eigenvalue weighted by atomic mass is 19.1. The normalized spacial score (nSPS) is 10.3. The smallest absolute Gasteiger partial charge is 0.169 e. The molecule has 0 amide bonds. The van der Waals surface area contributed by atoms with Crippen molar-refractivity contribution in [2.24, 2.45) is 0 Å². The Bertz CT molecular complexity index is 650. The fourth-order valence-electron chi connectivity index (χ4n) is 1.72. The Balaban J connectivity index is 2.32. The van der Waals surface area contributed by atoms with Gasteiger partial charge in [0.2, 0.25) is 0 Å². The van der Waals surface area contributed by atoms with Gasteiger partial charge in [0.25, 0.3) is 0 Å². The number of hydrogen-bond acceptors (Lipinski definition) is 4. The molecule has 0 unspecified atom stereocenters. The molecule has 4 nitrogen and oxygen atoms in total. The summed E-state index contributed by atoms with van der Waals surface area (Å²) in [5, 5.41) is 5.34. The average Bonchev–Trinajstić information content (AvgIpc) is 2.46. The van der Waals surface area contributed by atoms with Crippen molar-refractivity contribution in [3.05, 3.63) is 41.7 Å². The number of methoxy groups -OCH3 is 1. The first kappa shape index (κ1) is 15.0. The first-order chi connectivity index (χ1) is 10.0. The summed E-state index contributed by atoms with van der Waals surface area (Å²) in [7, 11) is 1.32. The van der Waals surface area contributed by atoms with Crippen LogP contribution in [0.3, 0.4) is 0 Å². The Kier molecular flexibility index (Phi) is 4.52. The number of nitrogens with zero attached hydrogens (tertiary/aromatic N) is 1. The molecule has 0 atom stereocenters. The first-order valence-corrected chi connectivity index (χ1v) is 6.25. The minimum atomic E-state index is -0.850. The molecule has 1 aromatic heterocycles. The first-order valence-electron chi connectivity index (χ1n) is 6.25. The van der Waals surface area contributed by atoms with Crippen molar-refractivity contribution in [3.8, 4) is 5.75 Å². The van der Waals surface area contributed by atoms with Crippen molar-refractivity contribution in [2.75, 3.05) is 24.3 Å². The number of benzene rings is 1. The topological polar surface area (TPSA) is 46.2 Å². The van der Waals surface area contributed by atoms with Gasteiger partial charge in [-0.15, -0.1) is 0 Å². The van der Waals surface area contributed by atoms with Gasteiger partial charge in [-0.1, -0.05) is 0 Å². The number of anilines is 3. The van der Waals surface area contributed by atoms with Crippen LogP contribution in [-0.4, -0.2) is 18.6 Å². The third-order valence-electron chi connectivity index (χ3n) is 2.69. The van der Waals surface area contributed by atoms with Gasteiger partial charge in [0.05, 0.1) is 7.11 Å². The molecule has 0 fully saturated rings. The number of halogens is 3. The van der Waals surface area contributed by atoms with E-state index in [2.05, 4.69) is 15.6 Å². The summed E-state index contributed by atoms with van der Waals surface area (Å²) in [5.74, 6) is -2.39. The zero-order chi connectivity index (χ0) is 15.4. The van der Waals surface area contributed by atoms with E-state index in [1.165, 1.54) is 25.3 Å². The van der Waals surface area contributed by atoms with E-state index in [0.29, 0.717) is 12.2 Å². The Morgan fingerprint density at radius 2 is 1.76 bits per heavy atom. The molecular formula is C14H14F3N3O. The maximum atomic E-state index is 13.7. The van der Waals surface area contributed by atoms with E-state index in [4.69, 9.17) is 4.74 Å². The van der Waals surface area contributed by atoms with Crippen LogP contribution in [0.5, 0.6) is 5.75 Å². The van der Waals surface area contributed by atoms with Crippen LogP contribution >= 0.6 is 0 Å². The van der Waals surface area contributed by atoms with Gasteiger partial charge in [0, 0.05) is 24.4 Å². The summed E-state index contributed by atoms with van der Waals surface area (Å²) in [6.07, 6.45) is 0. The molecule has 2 aromatic rings. The van der Waals surface area contributed by atoms with Crippen LogP contribution in [-0.2, 0) is 0 Å². The van der Waals surface area contributed by atoms with Crippen molar-refractivity contribution >= 4 is 17.3 Å². The highest BCUT2D eigenvalue weighted by molar-refractivity contribution is 5.60. The standard InChI is InChI=1S/C14H14F3N3O/c1-3-18-13-10(16)7-11(17)14(20-13)19-8-4-5-9(15)12(6-8)21-2/h4-7H,3H2,1-2H3,(H2,18,19,20). The summed E-state index contributed by atoms with van der Waals surface area (Å²) in [6, 6.07) is 4.66. The third-order valence-corrected chi connectivity index (χ3v) is 2.69. The largest absolute Gasteiger partial charge is 0.494 e. The van der Waals surface area contributed by atoms with Crippen LogP contribution in [0, 0.1) is 17.5 Å². The zero-order valence-electron chi connectivity index (χ0n) is 11.5. The second kappa shape index (κ2) is 6.34. The molecule has 0 spiro atoms. The molecule has 112 valence electrons. The quantitative estimate of drug-likeness (QED) is 0.883. The van der Waals surface area contributed by atoms with Crippen molar-refractivity contribution in [1.29, 1.82) is 0 Å². The number of pyridine rings is 1. The van der Waals surface area contributed by atoms with E-state index in [1.807, 2.05) is 0 Å². The SMILES string of the molecule is CCNc1nc(Nc2ccc(F)c(OC)c2)c(F)cc1F. The molecule has 0 aliphatic carbocycles. The Morgan fingerprint density at radius 1 is 1.05 bits per heavy atom. The summed E-state index contributed by atoms with van der Waals surface area (Å²) < 4.78 is 45.3. The Hall–Kier alpha value is -2.44. The van der Waals surface area contributed by atoms with Gasteiger partial charge in [0.1, 0.15) is 0 Å². The fourth-order valence-corrected chi connectivity index (χ4v) is 1.72. The lowest BCUT2D eigenvalue weighted by Crippen LogP contribution is -2.06. The minimum Gasteiger partial charge on any atom is -0.494 e. The molecule has 21 heavy (non-hydrogen) atoms. The third kappa shape index (κ3) is 3.36.